The van der Waals surface area contributed by atoms with Gasteiger partial charge in [-0.15, -0.1) is 24.0 Å². The van der Waals surface area contributed by atoms with Crippen molar-refractivity contribution in [3.05, 3.63) is 54.0 Å². The van der Waals surface area contributed by atoms with E-state index in [-0.39, 0.29) is 30.0 Å². The fourth-order valence-electron chi connectivity index (χ4n) is 2.66. The summed E-state index contributed by atoms with van der Waals surface area (Å²) in [6.07, 6.45) is 2.56. The molecule has 0 aliphatic rings. The molecule has 2 rings (SSSR count). The van der Waals surface area contributed by atoms with Gasteiger partial charge < -0.3 is 19.8 Å². The van der Waals surface area contributed by atoms with E-state index in [1.165, 1.54) is 5.56 Å². The third-order valence-electron chi connectivity index (χ3n) is 4.06. The van der Waals surface area contributed by atoms with Gasteiger partial charge >= 0.3 is 0 Å². The van der Waals surface area contributed by atoms with Crippen LogP contribution in [0.1, 0.15) is 17.4 Å². The number of furan rings is 1. The van der Waals surface area contributed by atoms with E-state index in [0.717, 1.165) is 30.4 Å². The monoisotopic (exact) mass is 472 g/mol. The number of hydrogen-bond acceptors (Lipinski definition) is 4. The van der Waals surface area contributed by atoms with Crippen molar-refractivity contribution in [1.29, 1.82) is 0 Å². The molecule has 26 heavy (non-hydrogen) atoms. The minimum absolute atomic E-state index is 0. The Morgan fingerprint density at radius 2 is 1.96 bits per heavy atom. The van der Waals surface area contributed by atoms with Gasteiger partial charge in [0, 0.05) is 20.1 Å². The summed E-state index contributed by atoms with van der Waals surface area (Å²) in [5.41, 5.74) is 1.18. The van der Waals surface area contributed by atoms with Crippen LogP contribution in [0.2, 0.25) is 0 Å². The summed E-state index contributed by atoms with van der Waals surface area (Å²) in [7, 11) is 7.54. The maximum absolute atomic E-state index is 5.53. The number of likely N-dealkylation sites (N-methyl/N-ethyl adjacent to an activating group) is 1. The van der Waals surface area contributed by atoms with Crippen LogP contribution in [0.5, 0.6) is 5.75 Å². The first-order valence-corrected chi connectivity index (χ1v) is 8.42. The van der Waals surface area contributed by atoms with Gasteiger partial charge in [-0.25, -0.2) is 0 Å². The van der Waals surface area contributed by atoms with Crippen LogP contribution >= 0.6 is 24.0 Å². The van der Waals surface area contributed by atoms with Crippen molar-refractivity contribution in [3.63, 3.8) is 0 Å². The number of nitrogens with one attached hydrogen (secondary N) is 2. The second kappa shape index (κ2) is 11.8. The molecule has 0 radical (unpaired) electrons. The van der Waals surface area contributed by atoms with Crippen molar-refractivity contribution in [2.75, 3.05) is 41.3 Å². The molecule has 0 fully saturated rings. The van der Waals surface area contributed by atoms with Crippen LogP contribution in [0.4, 0.5) is 0 Å². The third kappa shape index (κ3) is 6.53. The lowest BCUT2D eigenvalue weighted by Crippen LogP contribution is -2.42. The van der Waals surface area contributed by atoms with Gasteiger partial charge in [-0.2, -0.15) is 0 Å². The lowest BCUT2D eigenvalue weighted by molar-refractivity contribution is 0.258. The number of methoxy groups -OCH3 is 1. The van der Waals surface area contributed by atoms with Gasteiger partial charge in [0.25, 0.3) is 0 Å². The summed E-state index contributed by atoms with van der Waals surface area (Å²) in [6, 6.07) is 12.1. The highest BCUT2D eigenvalue weighted by molar-refractivity contribution is 14.0. The molecule has 1 aromatic heterocycles. The molecule has 1 atom stereocenters. The predicted octanol–water partition coefficient (Wildman–Crippen LogP) is 2.92. The minimum atomic E-state index is 0. The number of benzene rings is 1. The Kier molecular flexibility index (Phi) is 10.1. The quantitative estimate of drug-likeness (QED) is 0.352. The Morgan fingerprint density at radius 1 is 1.19 bits per heavy atom. The summed E-state index contributed by atoms with van der Waals surface area (Å²) in [6.45, 7) is 1.47. The topological polar surface area (TPSA) is 62.0 Å². The molecular formula is C19H29IN4O2. The third-order valence-corrected chi connectivity index (χ3v) is 4.06. The first-order chi connectivity index (χ1) is 12.2. The van der Waals surface area contributed by atoms with Crippen LogP contribution in [0.25, 0.3) is 0 Å². The van der Waals surface area contributed by atoms with Crippen LogP contribution < -0.4 is 15.4 Å². The van der Waals surface area contributed by atoms with Gasteiger partial charge in [0.15, 0.2) is 5.96 Å². The van der Waals surface area contributed by atoms with Crippen LogP contribution in [-0.2, 0) is 6.42 Å². The number of para-hydroxylation sites is 1. The highest BCUT2D eigenvalue weighted by Gasteiger charge is 2.17. The predicted molar refractivity (Wildman–Crippen MR) is 117 cm³/mol. The van der Waals surface area contributed by atoms with Gasteiger partial charge in [0.2, 0.25) is 0 Å². The fourth-order valence-corrected chi connectivity index (χ4v) is 2.66. The van der Waals surface area contributed by atoms with Crippen LogP contribution in [-0.4, -0.2) is 52.2 Å². The van der Waals surface area contributed by atoms with Crippen molar-refractivity contribution < 1.29 is 9.15 Å². The first-order valence-electron chi connectivity index (χ1n) is 8.42. The molecule has 1 unspecified atom stereocenters. The van der Waals surface area contributed by atoms with E-state index in [0.29, 0.717) is 6.54 Å². The van der Waals surface area contributed by atoms with E-state index >= 15 is 0 Å². The smallest absolute Gasteiger partial charge is 0.191 e. The Labute approximate surface area is 173 Å². The summed E-state index contributed by atoms with van der Waals surface area (Å²) < 4.78 is 10.9. The zero-order chi connectivity index (χ0) is 18.1. The largest absolute Gasteiger partial charge is 0.496 e. The minimum Gasteiger partial charge on any atom is -0.496 e. The Bertz CT molecular complexity index is 659. The van der Waals surface area contributed by atoms with E-state index in [1.54, 1.807) is 20.4 Å². The molecule has 0 amide bonds. The average Bonchev–Trinajstić information content (AvgIpc) is 3.14. The maximum atomic E-state index is 5.53. The second-order valence-corrected chi connectivity index (χ2v) is 5.94. The molecule has 1 aromatic carbocycles. The SMILES string of the molecule is CN=C(NCCc1ccccc1OC)NCC(c1ccco1)N(C)C.I. The second-order valence-electron chi connectivity index (χ2n) is 5.94. The fraction of sp³-hybridized carbons (Fsp3) is 0.421. The van der Waals surface area contributed by atoms with E-state index in [2.05, 4.69) is 26.6 Å². The van der Waals surface area contributed by atoms with Gasteiger partial charge in [0.05, 0.1) is 19.4 Å². The summed E-state index contributed by atoms with van der Waals surface area (Å²) in [5.74, 6) is 2.62. The van der Waals surface area contributed by atoms with E-state index in [1.807, 2.05) is 44.4 Å². The Balaban J connectivity index is 0.00000338. The number of hydrogen-bond donors (Lipinski definition) is 2. The summed E-state index contributed by atoms with van der Waals surface area (Å²) >= 11 is 0. The molecule has 0 spiro atoms. The molecule has 0 saturated heterocycles. The summed E-state index contributed by atoms with van der Waals surface area (Å²) in [5, 5.41) is 6.70. The molecule has 6 nitrogen and oxygen atoms in total. The highest BCUT2D eigenvalue weighted by Crippen LogP contribution is 2.18. The van der Waals surface area contributed by atoms with E-state index in [9.17, 15) is 0 Å². The van der Waals surface area contributed by atoms with Gasteiger partial charge in [-0.1, -0.05) is 18.2 Å². The number of aliphatic imine (C=N–C) groups is 1. The number of nitrogens with zero attached hydrogens (tertiary/aromatic N) is 2. The van der Waals surface area contributed by atoms with E-state index in [4.69, 9.17) is 9.15 Å². The zero-order valence-electron chi connectivity index (χ0n) is 15.9. The zero-order valence-corrected chi connectivity index (χ0v) is 18.2. The molecule has 0 bridgehead atoms. The van der Waals surface area contributed by atoms with Crippen molar-refractivity contribution in [2.45, 2.75) is 12.5 Å². The van der Waals surface area contributed by atoms with Crippen molar-refractivity contribution >= 4 is 29.9 Å². The summed E-state index contributed by atoms with van der Waals surface area (Å²) in [4.78, 5) is 6.41. The number of rotatable bonds is 8. The molecule has 0 aliphatic heterocycles. The number of ether oxygens (including phenoxy) is 1. The lowest BCUT2D eigenvalue weighted by atomic mass is 10.1. The lowest BCUT2D eigenvalue weighted by Gasteiger charge is -2.23. The van der Waals surface area contributed by atoms with Crippen LogP contribution in [0.3, 0.4) is 0 Å². The van der Waals surface area contributed by atoms with Gasteiger partial charge in [-0.05, 0) is 44.3 Å². The highest BCUT2D eigenvalue weighted by atomic mass is 127. The van der Waals surface area contributed by atoms with E-state index < -0.39 is 0 Å². The molecule has 7 heteroatoms. The molecule has 0 aliphatic carbocycles. The average molecular weight is 472 g/mol. The molecule has 0 saturated carbocycles. The molecule has 1 heterocycles. The van der Waals surface area contributed by atoms with Crippen LogP contribution in [0.15, 0.2) is 52.1 Å². The van der Waals surface area contributed by atoms with Crippen molar-refractivity contribution in [2.24, 2.45) is 4.99 Å². The molecular weight excluding hydrogens is 443 g/mol. The molecule has 2 aromatic rings. The van der Waals surface area contributed by atoms with Crippen molar-refractivity contribution in [1.82, 2.24) is 15.5 Å². The molecule has 144 valence electrons. The Hall–Kier alpha value is -1.74. The van der Waals surface area contributed by atoms with Gasteiger partial charge in [-0.3, -0.25) is 9.89 Å². The Morgan fingerprint density at radius 3 is 2.58 bits per heavy atom. The number of guanidine groups is 1. The number of halogens is 1. The standard InChI is InChI=1S/C19H28N4O2.HI/c1-20-19(21-12-11-15-8-5-6-9-17(15)24-4)22-14-16(23(2)3)18-10-7-13-25-18;/h5-10,13,16H,11-12,14H2,1-4H3,(H2,20,21,22);1H. The van der Waals surface area contributed by atoms with Gasteiger partial charge in [0.1, 0.15) is 11.5 Å². The van der Waals surface area contributed by atoms with Crippen LogP contribution in [0, 0.1) is 0 Å². The maximum Gasteiger partial charge on any atom is 0.191 e. The molecule has 2 N–H and O–H groups in total. The first kappa shape index (κ1) is 22.3. The van der Waals surface area contributed by atoms with Crippen molar-refractivity contribution in [3.8, 4) is 5.75 Å². The normalized spacial score (nSPS) is 12.4.